The van der Waals surface area contributed by atoms with Gasteiger partial charge in [0.15, 0.2) is 0 Å². The molecule has 1 saturated heterocycles. The number of hydrogen-bond acceptors (Lipinski definition) is 2. The van der Waals surface area contributed by atoms with Crippen molar-refractivity contribution in [1.29, 1.82) is 0 Å². The van der Waals surface area contributed by atoms with E-state index in [2.05, 4.69) is 29.6 Å². The quantitative estimate of drug-likeness (QED) is 0.828. The Bertz CT molecular complexity index is 398. The third-order valence-electron chi connectivity index (χ3n) is 3.76. The van der Waals surface area contributed by atoms with Crippen LogP contribution in [0.25, 0.3) is 0 Å². The largest absolute Gasteiger partial charge is 0.340 e. The van der Waals surface area contributed by atoms with Crippen LogP contribution in [0.2, 0.25) is 0 Å². The molecule has 1 N–H and O–H groups in total. The zero-order valence-corrected chi connectivity index (χ0v) is 9.93. The molecule has 0 bridgehead atoms. The van der Waals surface area contributed by atoms with E-state index in [1.54, 1.807) is 0 Å². The fourth-order valence-corrected chi connectivity index (χ4v) is 2.66. The number of rotatable bonds is 2. The zero-order chi connectivity index (χ0) is 11.7. The summed E-state index contributed by atoms with van der Waals surface area (Å²) in [6, 6.07) is 10.4. The first-order valence-electron chi connectivity index (χ1n) is 6.41. The van der Waals surface area contributed by atoms with Gasteiger partial charge in [-0.2, -0.15) is 0 Å². The highest BCUT2D eigenvalue weighted by Crippen LogP contribution is 2.48. The molecule has 17 heavy (non-hydrogen) atoms. The Hall–Kier alpha value is -1.35. The fourth-order valence-electron chi connectivity index (χ4n) is 2.66. The van der Waals surface area contributed by atoms with E-state index >= 15 is 0 Å². The number of nitrogens with zero attached hydrogens (tertiary/aromatic N) is 1. The molecule has 1 amide bonds. The van der Waals surface area contributed by atoms with Crippen molar-refractivity contribution in [1.82, 2.24) is 10.2 Å². The third-order valence-corrected chi connectivity index (χ3v) is 3.76. The van der Waals surface area contributed by atoms with Crippen LogP contribution in [0.1, 0.15) is 17.9 Å². The van der Waals surface area contributed by atoms with Gasteiger partial charge in [0.1, 0.15) is 0 Å². The van der Waals surface area contributed by atoms with Gasteiger partial charge in [0.05, 0.1) is 0 Å². The van der Waals surface area contributed by atoms with Gasteiger partial charge in [-0.1, -0.05) is 30.3 Å². The van der Waals surface area contributed by atoms with Crippen molar-refractivity contribution in [3.63, 3.8) is 0 Å². The SMILES string of the molecule is O=C([C@H]1C[C@@H]1c1ccccc1)N1CCNCC1. The van der Waals surface area contributed by atoms with Crippen molar-refractivity contribution >= 4 is 5.91 Å². The average Bonchev–Trinajstić information content (AvgIpc) is 3.20. The third kappa shape index (κ3) is 2.20. The highest BCUT2D eigenvalue weighted by Gasteiger charge is 2.45. The molecule has 1 aromatic carbocycles. The molecule has 2 atom stereocenters. The van der Waals surface area contributed by atoms with E-state index in [1.807, 2.05) is 11.0 Å². The standard InChI is InChI=1S/C14H18N2O/c17-14(16-8-6-15-7-9-16)13-10-12(13)11-4-2-1-3-5-11/h1-5,12-13,15H,6-10H2/t12-,13+/m1/s1. The van der Waals surface area contributed by atoms with Gasteiger partial charge in [-0.3, -0.25) is 4.79 Å². The van der Waals surface area contributed by atoms with Gasteiger partial charge in [-0.15, -0.1) is 0 Å². The summed E-state index contributed by atoms with van der Waals surface area (Å²) in [7, 11) is 0. The summed E-state index contributed by atoms with van der Waals surface area (Å²) in [6.07, 6.45) is 1.03. The summed E-state index contributed by atoms with van der Waals surface area (Å²) in [4.78, 5) is 14.3. The number of amides is 1. The number of nitrogens with one attached hydrogen (secondary N) is 1. The molecule has 2 aliphatic rings. The lowest BCUT2D eigenvalue weighted by Crippen LogP contribution is -2.47. The molecular formula is C14H18N2O. The predicted molar refractivity (Wildman–Crippen MR) is 66.7 cm³/mol. The Balaban J connectivity index is 1.62. The van der Waals surface area contributed by atoms with Crippen LogP contribution in [0.15, 0.2) is 30.3 Å². The first-order chi connectivity index (χ1) is 8.36. The number of piperazine rings is 1. The van der Waals surface area contributed by atoms with Gasteiger partial charge < -0.3 is 10.2 Å². The van der Waals surface area contributed by atoms with Gasteiger partial charge in [0, 0.05) is 32.1 Å². The van der Waals surface area contributed by atoms with Crippen LogP contribution in [0, 0.1) is 5.92 Å². The van der Waals surface area contributed by atoms with Crippen LogP contribution >= 0.6 is 0 Å². The summed E-state index contributed by atoms with van der Waals surface area (Å²) in [5.74, 6) is 1.08. The monoisotopic (exact) mass is 230 g/mol. The maximum atomic E-state index is 12.2. The van der Waals surface area contributed by atoms with Crippen molar-refractivity contribution in [2.75, 3.05) is 26.2 Å². The second-order valence-electron chi connectivity index (χ2n) is 4.93. The molecule has 0 spiro atoms. The Morgan fingerprint density at radius 2 is 1.88 bits per heavy atom. The molecule has 1 saturated carbocycles. The number of carbonyl (C=O) groups is 1. The van der Waals surface area contributed by atoms with Crippen molar-refractivity contribution in [3.8, 4) is 0 Å². The van der Waals surface area contributed by atoms with Crippen molar-refractivity contribution in [3.05, 3.63) is 35.9 Å². The lowest BCUT2D eigenvalue weighted by Gasteiger charge is -2.27. The van der Waals surface area contributed by atoms with Gasteiger partial charge >= 0.3 is 0 Å². The maximum absolute atomic E-state index is 12.2. The smallest absolute Gasteiger partial charge is 0.226 e. The number of hydrogen-bond donors (Lipinski definition) is 1. The molecule has 1 aromatic rings. The second-order valence-corrected chi connectivity index (χ2v) is 4.93. The zero-order valence-electron chi connectivity index (χ0n) is 9.93. The topological polar surface area (TPSA) is 32.3 Å². The lowest BCUT2D eigenvalue weighted by atomic mass is 10.1. The highest BCUT2D eigenvalue weighted by molar-refractivity contribution is 5.83. The summed E-state index contributed by atoms with van der Waals surface area (Å²) in [5, 5.41) is 3.28. The van der Waals surface area contributed by atoms with Crippen LogP contribution in [0.5, 0.6) is 0 Å². The van der Waals surface area contributed by atoms with E-state index in [-0.39, 0.29) is 5.92 Å². The average molecular weight is 230 g/mol. The summed E-state index contributed by atoms with van der Waals surface area (Å²) in [5.41, 5.74) is 1.32. The van der Waals surface area contributed by atoms with Crippen LogP contribution in [0.3, 0.4) is 0 Å². The normalized spacial score (nSPS) is 27.9. The molecular weight excluding hydrogens is 212 g/mol. The van der Waals surface area contributed by atoms with E-state index in [0.29, 0.717) is 11.8 Å². The van der Waals surface area contributed by atoms with Gasteiger partial charge in [-0.05, 0) is 17.9 Å². The van der Waals surface area contributed by atoms with Crippen LogP contribution in [-0.2, 0) is 4.79 Å². The molecule has 3 heteroatoms. The van der Waals surface area contributed by atoms with E-state index < -0.39 is 0 Å². The van der Waals surface area contributed by atoms with Gasteiger partial charge in [-0.25, -0.2) is 0 Å². The Morgan fingerprint density at radius 1 is 1.18 bits per heavy atom. The van der Waals surface area contributed by atoms with Crippen LogP contribution in [0.4, 0.5) is 0 Å². The first kappa shape index (κ1) is 10.8. The fraction of sp³-hybridized carbons (Fsp3) is 0.500. The van der Waals surface area contributed by atoms with Gasteiger partial charge in [0.2, 0.25) is 5.91 Å². The minimum absolute atomic E-state index is 0.246. The molecule has 2 fully saturated rings. The molecule has 3 rings (SSSR count). The van der Waals surface area contributed by atoms with Crippen LogP contribution < -0.4 is 5.32 Å². The number of benzene rings is 1. The lowest BCUT2D eigenvalue weighted by molar-refractivity contribution is -0.133. The predicted octanol–water partition coefficient (Wildman–Crippen LogP) is 1.22. The first-order valence-corrected chi connectivity index (χ1v) is 6.41. The van der Waals surface area contributed by atoms with E-state index in [4.69, 9.17) is 0 Å². The molecule has 0 unspecified atom stereocenters. The summed E-state index contributed by atoms with van der Waals surface area (Å²) in [6.45, 7) is 3.62. The van der Waals surface area contributed by atoms with Gasteiger partial charge in [0.25, 0.3) is 0 Å². The Labute approximate surface area is 102 Å². The number of carbonyl (C=O) groups excluding carboxylic acids is 1. The minimum atomic E-state index is 0.246. The van der Waals surface area contributed by atoms with Crippen molar-refractivity contribution in [2.24, 2.45) is 5.92 Å². The summed E-state index contributed by atoms with van der Waals surface area (Å²) >= 11 is 0. The molecule has 1 heterocycles. The van der Waals surface area contributed by atoms with E-state index in [1.165, 1.54) is 5.56 Å². The Kier molecular flexibility index (Phi) is 2.85. The van der Waals surface area contributed by atoms with Crippen LogP contribution in [-0.4, -0.2) is 37.0 Å². The Morgan fingerprint density at radius 3 is 2.59 bits per heavy atom. The molecule has 90 valence electrons. The molecule has 0 radical (unpaired) electrons. The van der Waals surface area contributed by atoms with Crippen molar-refractivity contribution in [2.45, 2.75) is 12.3 Å². The molecule has 1 aliphatic heterocycles. The van der Waals surface area contributed by atoms with Crippen molar-refractivity contribution < 1.29 is 4.79 Å². The van der Waals surface area contributed by atoms with E-state index in [0.717, 1.165) is 32.6 Å². The second kappa shape index (κ2) is 4.49. The molecule has 3 nitrogen and oxygen atoms in total. The summed E-state index contributed by atoms with van der Waals surface area (Å²) < 4.78 is 0. The highest BCUT2D eigenvalue weighted by atomic mass is 16.2. The maximum Gasteiger partial charge on any atom is 0.226 e. The molecule has 1 aliphatic carbocycles. The molecule has 0 aromatic heterocycles. The van der Waals surface area contributed by atoms with E-state index in [9.17, 15) is 4.79 Å². The minimum Gasteiger partial charge on any atom is -0.340 e.